The fourth-order valence-corrected chi connectivity index (χ4v) is 4.23. The Hall–Kier alpha value is -2.65. The second-order valence-electron chi connectivity index (χ2n) is 8.31. The van der Waals surface area contributed by atoms with E-state index in [9.17, 15) is 22.4 Å². The molecule has 0 aliphatic rings. The summed E-state index contributed by atoms with van der Waals surface area (Å²) in [5, 5.41) is 3.17. The van der Waals surface area contributed by atoms with Crippen LogP contribution in [0.3, 0.4) is 0 Å². The van der Waals surface area contributed by atoms with Crippen LogP contribution in [0.25, 0.3) is 0 Å². The van der Waals surface area contributed by atoms with E-state index >= 15 is 0 Å². The van der Waals surface area contributed by atoms with Crippen molar-refractivity contribution in [2.45, 2.75) is 52.7 Å². The standard InChI is InChI=1S/C24H31ClFN3O4S/c1-6-17(3)27-24(31)18(4)28(14-19-9-7-8-10-22(19)26)23(30)15-29(34(5,32)33)20-12-11-16(2)21(25)13-20/h7-13,17-18H,6,14-15H2,1-5H3,(H,27,31)/t17-,18-/m0/s1. The minimum Gasteiger partial charge on any atom is -0.352 e. The average molecular weight is 512 g/mol. The van der Waals surface area contributed by atoms with Crippen molar-refractivity contribution in [3.8, 4) is 0 Å². The van der Waals surface area contributed by atoms with Gasteiger partial charge in [-0.3, -0.25) is 13.9 Å². The van der Waals surface area contributed by atoms with Crippen LogP contribution < -0.4 is 9.62 Å². The maximum atomic E-state index is 14.4. The zero-order valence-corrected chi connectivity index (χ0v) is 21.6. The highest BCUT2D eigenvalue weighted by atomic mass is 35.5. The number of hydrogen-bond donors (Lipinski definition) is 1. The molecule has 0 unspecified atom stereocenters. The number of amides is 2. The smallest absolute Gasteiger partial charge is 0.244 e. The summed E-state index contributed by atoms with van der Waals surface area (Å²) in [6.45, 7) is 6.27. The molecule has 34 heavy (non-hydrogen) atoms. The SMILES string of the molecule is CC[C@H](C)NC(=O)[C@H](C)N(Cc1ccccc1F)C(=O)CN(c1ccc(C)c(Cl)c1)S(C)(=O)=O. The van der Waals surface area contributed by atoms with Gasteiger partial charge in [-0.25, -0.2) is 12.8 Å². The molecule has 2 rings (SSSR count). The Bertz CT molecular complexity index is 1140. The monoisotopic (exact) mass is 511 g/mol. The molecule has 0 aliphatic carbocycles. The summed E-state index contributed by atoms with van der Waals surface area (Å²) in [4.78, 5) is 27.4. The van der Waals surface area contributed by atoms with Gasteiger partial charge in [0.05, 0.1) is 11.9 Å². The number of carbonyl (C=O) groups excluding carboxylic acids is 2. The zero-order chi connectivity index (χ0) is 25.6. The average Bonchev–Trinajstić information content (AvgIpc) is 2.77. The van der Waals surface area contributed by atoms with Gasteiger partial charge in [-0.15, -0.1) is 0 Å². The second-order valence-corrected chi connectivity index (χ2v) is 10.6. The lowest BCUT2D eigenvalue weighted by molar-refractivity contribution is -0.139. The molecule has 0 radical (unpaired) electrons. The van der Waals surface area contributed by atoms with Gasteiger partial charge in [0.1, 0.15) is 18.4 Å². The van der Waals surface area contributed by atoms with Crippen molar-refractivity contribution < 1.29 is 22.4 Å². The highest BCUT2D eigenvalue weighted by Gasteiger charge is 2.31. The van der Waals surface area contributed by atoms with E-state index in [1.807, 2.05) is 13.8 Å². The largest absolute Gasteiger partial charge is 0.352 e. The van der Waals surface area contributed by atoms with Gasteiger partial charge < -0.3 is 10.2 Å². The number of benzene rings is 2. The lowest BCUT2D eigenvalue weighted by Crippen LogP contribution is -2.52. The molecule has 1 N–H and O–H groups in total. The van der Waals surface area contributed by atoms with E-state index in [1.54, 1.807) is 25.1 Å². The van der Waals surface area contributed by atoms with Crippen molar-refractivity contribution in [2.75, 3.05) is 17.1 Å². The first kappa shape index (κ1) is 27.6. The van der Waals surface area contributed by atoms with Crippen LogP contribution in [0.4, 0.5) is 10.1 Å². The number of sulfonamides is 1. The molecule has 2 amide bonds. The number of nitrogens with zero attached hydrogens (tertiary/aromatic N) is 2. The van der Waals surface area contributed by atoms with Crippen LogP contribution in [0, 0.1) is 12.7 Å². The van der Waals surface area contributed by atoms with E-state index in [4.69, 9.17) is 11.6 Å². The number of aryl methyl sites for hydroxylation is 1. The van der Waals surface area contributed by atoms with Crippen molar-refractivity contribution in [1.29, 1.82) is 0 Å². The predicted molar refractivity (Wildman–Crippen MR) is 133 cm³/mol. The second kappa shape index (κ2) is 11.7. The topological polar surface area (TPSA) is 86.8 Å². The van der Waals surface area contributed by atoms with Gasteiger partial charge in [-0.2, -0.15) is 0 Å². The number of carbonyl (C=O) groups is 2. The maximum Gasteiger partial charge on any atom is 0.244 e. The number of halogens is 2. The molecule has 2 aromatic rings. The molecule has 10 heteroatoms. The maximum absolute atomic E-state index is 14.4. The summed E-state index contributed by atoms with van der Waals surface area (Å²) >= 11 is 6.17. The molecule has 0 spiro atoms. The first-order valence-electron chi connectivity index (χ1n) is 10.9. The molecule has 0 saturated heterocycles. The molecule has 186 valence electrons. The fraction of sp³-hybridized carbons (Fsp3) is 0.417. The van der Waals surface area contributed by atoms with Gasteiger partial charge in [0, 0.05) is 23.2 Å². The van der Waals surface area contributed by atoms with E-state index in [2.05, 4.69) is 5.32 Å². The molecule has 0 saturated carbocycles. The Balaban J connectivity index is 2.42. The first-order chi connectivity index (χ1) is 15.8. The van der Waals surface area contributed by atoms with Crippen LogP contribution in [0.15, 0.2) is 42.5 Å². The molecule has 0 aromatic heterocycles. The van der Waals surface area contributed by atoms with Gasteiger partial charge in [0.2, 0.25) is 21.8 Å². The summed E-state index contributed by atoms with van der Waals surface area (Å²) in [5.41, 5.74) is 1.18. The molecular weight excluding hydrogens is 481 g/mol. The van der Waals surface area contributed by atoms with E-state index in [1.165, 1.54) is 36.1 Å². The first-order valence-corrected chi connectivity index (χ1v) is 13.1. The van der Waals surface area contributed by atoms with Crippen LogP contribution in [-0.2, 0) is 26.2 Å². The highest BCUT2D eigenvalue weighted by molar-refractivity contribution is 7.92. The zero-order valence-electron chi connectivity index (χ0n) is 20.0. The third-order valence-corrected chi connectivity index (χ3v) is 7.14. The van der Waals surface area contributed by atoms with E-state index in [0.717, 1.165) is 16.1 Å². The van der Waals surface area contributed by atoms with Crippen LogP contribution in [0.1, 0.15) is 38.3 Å². The van der Waals surface area contributed by atoms with Crippen LogP contribution in [-0.4, -0.2) is 50.0 Å². The van der Waals surface area contributed by atoms with Crippen molar-refractivity contribution in [1.82, 2.24) is 10.2 Å². The summed E-state index contributed by atoms with van der Waals surface area (Å²) in [7, 11) is -3.87. The Morgan fingerprint density at radius 2 is 1.79 bits per heavy atom. The van der Waals surface area contributed by atoms with E-state index in [0.29, 0.717) is 11.4 Å². The summed E-state index contributed by atoms with van der Waals surface area (Å²) in [5.74, 6) is -1.60. The third kappa shape index (κ3) is 7.17. The minimum atomic E-state index is -3.87. The fourth-order valence-electron chi connectivity index (χ4n) is 3.21. The van der Waals surface area contributed by atoms with E-state index < -0.39 is 40.2 Å². The molecule has 0 fully saturated rings. The Kier molecular flexibility index (Phi) is 9.46. The minimum absolute atomic E-state index is 0.123. The van der Waals surface area contributed by atoms with Crippen molar-refractivity contribution in [2.24, 2.45) is 0 Å². The molecule has 0 heterocycles. The van der Waals surface area contributed by atoms with Crippen molar-refractivity contribution >= 4 is 39.1 Å². The van der Waals surface area contributed by atoms with Crippen LogP contribution in [0.5, 0.6) is 0 Å². The van der Waals surface area contributed by atoms with Gasteiger partial charge in [-0.1, -0.05) is 42.8 Å². The normalized spacial score (nSPS) is 13.1. The van der Waals surface area contributed by atoms with Crippen molar-refractivity contribution in [3.63, 3.8) is 0 Å². The van der Waals surface area contributed by atoms with Crippen LogP contribution in [0.2, 0.25) is 5.02 Å². The third-order valence-electron chi connectivity index (χ3n) is 5.59. The van der Waals surface area contributed by atoms with Crippen LogP contribution >= 0.6 is 11.6 Å². The lowest BCUT2D eigenvalue weighted by Gasteiger charge is -2.32. The molecule has 2 aromatic carbocycles. The summed E-state index contributed by atoms with van der Waals surface area (Å²) in [6, 6.07) is 9.51. The lowest BCUT2D eigenvalue weighted by atomic mass is 10.1. The summed E-state index contributed by atoms with van der Waals surface area (Å²) in [6.07, 6.45) is 1.67. The van der Waals surface area contributed by atoms with Gasteiger partial charge in [0.25, 0.3) is 0 Å². The Morgan fingerprint density at radius 1 is 1.15 bits per heavy atom. The molecule has 7 nitrogen and oxygen atoms in total. The highest BCUT2D eigenvalue weighted by Crippen LogP contribution is 2.25. The van der Waals surface area contributed by atoms with E-state index in [-0.39, 0.29) is 23.8 Å². The molecule has 0 bridgehead atoms. The summed E-state index contributed by atoms with van der Waals surface area (Å²) < 4.78 is 40.4. The molecular formula is C24H31ClFN3O4S. The Labute approximate surface area is 205 Å². The number of hydrogen-bond acceptors (Lipinski definition) is 4. The molecule has 2 atom stereocenters. The van der Waals surface area contributed by atoms with Gasteiger partial charge in [0.15, 0.2) is 0 Å². The Morgan fingerprint density at radius 3 is 2.35 bits per heavy atom. The van der Waals surface area contributed by atoms with Crippen molar-refractivity contribution in [3.05, 3.63) is 64.4 Å². The number of anilines is 1. The van der Waals surface area contributed by atoms with Gasteiger partial charge >= 0.3 is 0 Å². The van der Waals surface area contributed by atoms with Gasteiger partial charge in [-0.05, 0) is 51.0 Å². The number of rotatable bonds is 10. The molecule has 0 aliphatic heterocycles. The predicted octanol–water partition coefficient (Wildman–Crippen LogP) is 3.89. The quantitative estimate of drug-likeness (QED) is 0.524. The number of nitrogens with one attached hydrogen (secondary N) is 1.